The zero-order valence-electron chi connectivity index (χ0n) is 14.6. The number of rotatable bonds is 5. The Morgan fingerprint density at radius 3 is 2.57 bits per heavy atom. The van der Waals surface area contributed by atoms with Crippen LogP contribution in [0.25, 0.3) is 0 Å². The van der Waals surface area contributed by atoms with Crippen molar-refractivity contribution in [3.05, 3.63) is 29.3 Å². The number of halogens is 1. The van der Waals surface area contributed by atoms with Crippen LogP contribution in [0.4, 0.5) is 5.69 Å². The number of nitrogens with one attached hydrogen (secondary N) is 1. The monoisotopic (exact) mass is 430 g/mol. The van der Waals surface area contributed by atoms with Crippen LogP contribution in [0.15, 0.2) is 23.2 Å². The van der Waals surface area contributed by atoms with Crippen molar-refractivity contribution in [3.63, 3.8) is 0 Å². The van der Waals surface area contributed by atoms with Gasteiger partial charge in [0, 0.05) is 12.2 Å². The molecule has 1 aromatic carbocycles. The minimum absolute atomic E-state index is 0. The van der Waals surface area contributed by atoms with Gasteiger partial charge in [-0.25, -0.2) is 0 Å². The summed E-state index contributed by atoms with van der Waals surface area (Å²) in [5.74, 6) is 1.33. The normalized spacial score (nSPS) is 16.9. The molecule has 0 unspecified atom stereocenters. The van der Waals surface area contributed by atoms with Crippen molar-refractivity contribution in [2.75, 3.05) is 31.5 Å². The number of anilines is 1. The summed E-state index contributed by atoms with van der Waals surface area (Å²) in [4.78, 5) is 7.00. The molecular formula is C18H31IN4. The molecule has 1 aliphatic heterocycles. The van der Waals surface area contributed by atoms with E-state index in [0.717, 1.165) is 24.6 Å². The summed E-state index contributed by atoms with van der Waals surface area (Å²) in [5.41, 5.74) is 9.55. The van der Waals surface area contributed by atoms with Gasteiger partial charge in [-0.15, -0.1) is 24.0 Å². The van der Waals surface area contributed by atoms with Gasteiger partial charge < -0.3 is 16.0 Å². The van der Waals surface area contributed by atoms with Crippen molar-refractivity contribution in [1.29, 1.82) is 0 Å². The third kappa shape index (κ3) is 6.67. The molecule has 1 aliphatic rings. The number of nitrogens with zero attached hydrogens (tertiary/aromatic N) is 2. The lowest BCUT2D eigenvalue weighted by Gasteiger charge is -2.30. The molecule has 2 rings (SSSR count). The number of aryl methyl sites for hydroxylation is 2. The minimum Gasteiger partial charge on any atom is -0.370 e. The highest BCUT2D eigenvalue weighted by atomic mass is 127. The maximum atomic E-state index is 5.98. The maximum absolute atomic E-state index is 5.98. The lowest BCUT2D eigenvalue weighted by Crippen LogP contribution is -2.33. The molecule has 0 saturated carbocycles. The molecule has 1 fully saturated rings. The number of guanidine groups is 1. The van der Waals surface area contributed by atoms with Crippen LogP contribution in [0.5, 0.6) is 0 Å². The summed E-state index contributed by atoms with van der Waals surface area (Å²) in [7, 11) is 0. The average molecular weight is 430 g/mol. The van der Waals surface area contributed by atoms with Crippen LogP contribution in [0.3, 0.4) is 0 Å². The van der Waals surface area contributed by atoms with Gasteiger partial charge in [0.05, 0.1) is 0 Å². The number of hydrogen-bond donors (Lipinski definition) is 2. The Morgan fingerprint density at radius 1 is 1.26 bits per heavy atom. The second-order valence-electron chi connectivity index (χ2n) is 6.36. The molecule has 0 bridgehead atoms. The van der Waals surface area contributed by atoms with E-state index in [-0.39, 0.29) is 24.0 Å². The molecule has 0 atom stereocenters. The van der Waals surface area contributed by atoms with E-state index in [4.69, 9.17) is 5.73 Å². The Hall–Kier alpha value is -0.820. The number of aliphatic imine (C=N–C) groups is 1. The fourth-order valence-electron chi connectivity index (χ4n) is 2.97. The number of likely N-dealkylation sites (tertiary alicyclic amines) is 1. The summed E-state index contributed by atoms with van der Waals surface area (Å²) in [5, 5.41) is 3.18. The van der Waals surface area contributed by atoms with E-state index in [0.29, 0.717) is 5.96 Å². The molecule has 0 spiro atoms. The molecule has 0 amide bonds. The predicted octanol–water partition coefficient (Wildman–Crippen LogP) is 3.77. The van der Waals surface area contributed by atoms with E-state index in [1.54, 1.807) is 0 Å². The van der Waals surface area contributed by atoms with Crippen LogP contribution in [0.2, 0.25) is 0 Å². The molecule has 3 N–H and O–H groups in total. The number of piperidine rings is 1. The van der Waals surface area contributed by atoms with Gasteiger partial charge in [-0.3, -0.25) is 4.99 Å². The third-order valence-electron chi connectivity index (χ3n) is 4.75. The standard InChI is InChI=1S/C18H30N4.HI/c1-4-22-11-8-16(9-12-22)7-10-20-18(19)21-17-6-5-14(2)15(3)13-17;/h5-6,13,16H,4,7-12H2,1-3H3,(H3,19,20,21);1H. The summed E-state index contributed by atoms with van der Waals surface area (Å²) in [6.45, 7) is 10.9. The molecule has 0 radical (unpaired) electrons. The van der Waals surface area contributed by atoms with Crippen LogP contribution in [0.1, 0.15) is 37.3 Å². The van der Waals surface area contributed by atoms with Crippen LogP contribution >= 0.6 is 24.0 Å². The molecule has 130 valence electrons. The van der Waals surface area contributed by atoms with E-state index in [9.17, 15) is 0 Å². The highest BCUT2D eigenvalue weighted by Crippen LogP contribution is 2.20. The molecule has 5 heteroatoms. The lowest BCUT2D eigenvalue weighted by atomic mass is 9.94. The van der Waals surface area contributed by atoms with E-state index >= 15 is 0 Å². The van der Waals surface area contributed by atoms with Crippen LogP contribution in [0, 0.1) is 19.8 Å². The van der Waals surface area contributed by atoms with Gasteiger partial charge in [0.25, 0.3) is 0 Å². The predicted molar refractivity (Wildman–Crippen MR) is 111 cm³/mol. The number of nitrogens with two attached hydrogens (primary N) is 1. The Labute approximate surface area is 157 Å². The van der Waals surface area contributed by atoms with Gasteiger partial charge in [-0.2, -0.15) is 0 Å². The van der Waals surface area contributed by atoms with Gasteiger partial charge in [-0.05, 0) is 81.9 Å². The van der Waals surface area contributed by atoms with Crippen LogP contribution in [-0.4, -0.2) is 37.0 Å². The largest absolute Gasteiger partial charge is 0.370 e. The molecular weight excluding hydrogens is 399 g/mol. The molecule has 1 aromatic rings. The highest BCUT2D eigenvalue weighted by molar-refractivity contribution is 14.0. The highest BCUT2D eigenvalue weighted by Gasteiger charge is 2.17. The first-order chi connectivity index (χ1) is 10.6. The molecule has 1 heterocycles. The number of benzene rings is 1. The summed E-state index contributed by atoms with van der Waals surface area (Å²) < 4.78 is 0. The van der Waals surface area contributed by atoms with Crippen LogP contribution < -0.4 is 11.1 Å². The zero-order valence-corrected chi connectivity index (χ0v) is 17.0. The third-order valence-corrected chi connectivity index (χ3v) is 4.75. The average Bonchev–Trinajstić information content (AvgIpc) is 2.51. The van der Waals surface area contributed by atoms with E-state index in [2.05, 4.69) is 48.1 Å². The first-order valence-corrected chi connectivity index (χ1v) is 8.45. The smallest absolute Gasteiger partial charge is 0.193 e. The van der Waals surface area contributed by atoms with Crippen molar-refractivity contribution < 1.29 is 0 Å². The van der Waals surface area contributed by atoms with Gasteiger partial charge >= 0.3 is 0 Å². The topological polar surface area (TPSA) is 53.6 Å². The maximum Gasteiger partial charge on any atom is 0.193 e. The van der Waals surface area contributed by atoms with Crippen molar-refractivity contribution in [3.8, 4) is 0 Å². The first-order valence-electron chi connectivity index (χ1n) is 8.45. The quantitative estimate of drug-likeness (QED) is 0.425. The van der Waals surface area contributed by atoms with E-state index < -0.39 is 0 Å². The van der Waals surface area contributed by atoms with Crippen molar-refractivity contribution >= 4 is 35.6 Å². The SMILES string of the molecule is CCN1CCC(CCN=C(N)Nc2ccc(C)c(C)c2)CC1.I. The summed E-state index contributed by atoms with van der Waals surface area (Å²) in [6.07, 6.45) is 3.74. The molecule has 4 nitrogen and oxygen atoms in total. The second kappa shape index (κ2) is 10.1. The molecule has 1 saturated heterocycles. The van der Waals surface area contributed by atoms with E-state index in [1.807, 2.05) is 6.07 Å². The molecule has 23 heavy (non-hydrogen) atoms. The summed E-state index contributed by atoms with van der Waals surface area (Å²) >= 11 is 0. The summed E-state index contributed by atoms with van der Waals surface area (Å²) in [6, 6.07) is 6.26. The Bertz CT molecular complexity index is 508. The van der Waals surface area contributed by atoms with Gasteiger partial charge in [0.1, 0.15) is 0 Å². The number of hydrogen-bond acceptors (Lipinski definition) is 2. The molecule has 0 aromatic heterocycles. The van der Waals surface area contributed by atoms with Crippen molar-refractivity contribution in [2.45, 2.75) is 40.0 Å². The van der Waals surface area contributed by atoms with Gasteiger partial charge in [-0.1, -0.05) is 13.0 Å². The molecule has 0 aliphatic carbocycles. The van der Waals surface area contributed by atoms with Gasteiger partial charge in [0.15, 0.2) is 5.96 Å². The fourth-order valence-corrected chi connectivity index (χ4v) is 2.97. The minimum atomic E-state index is 0. The second-order valence-corrected chi connectivity index (χ2v) is 6.36. The Balaban J connectivity index is 0.00000264. The zero-order chi connectivity index (χ0) is 15.9. The Kier molecular flexibility index (Phi) is 8.91. The van der Waals surface area contributed by atoms with Gasteiger partial charge in [0.2, 0.25) is 0 Å². The first kappa shape index (κ1) is 20.2. The van der Waals surface area contributed by atoms with Crippen molar-refractivity contribution in [2.24, 2.45) is 16.6 Å². The van der Waals surface area contributed by atoms with Crippen LogP contribution in [-0.2, 0) is 0 Å². The fraction of sp³-hybridized carbons (Fsp3) is 0.611. The van der Waals surface area contributed by atoms with Crippen molar-refractivity contribution in [1.82, 2.24) is 4.90 Å². The Morgan fingerprint density at radius 2 is 1.96 bits per heavy atom. The van der Waals surface area contributed by atoms with E-state index in [1.165, 1.54) is 43.6 Å². The lowest BCUT2D eigenvalue weighted by molar-refractivity contribution is 0.188.